The third-order valence-corrected chi connectivity index (χ3v) is 4.47. The minimum absolute atomic E-state index is 0.253. The summed E-state index contributed by atoms with van der Waals surface area (Å²) in [5, 5.41) is 0. The summed E-state index contributed by atoms with van der Waals surface area (Å²) < 4.78 is 15.5. The Labute approximate surface area is 156 Å². The van der Waals surface area contributed by atoms with Crippen LogP contribution in [0.3, 0.4) is 0 Å². The van der Waals surface area contributed by atoms with E-state index in [1.165, 1.54) is 23.8 Å². The van der Waals surface area contributed by atoms with Crippen LogP contribution in [0.4, 0.5) is 0 Å². The van der Waals surface area contributed by atoms with Gasteiger partial charge in [0.25, 0.3) is 0 Å². The molecule has 0 radical (unpaired) electrons. The molecule has 0 saturated heterocycles. The van der Waals surface area contributed by atoms with Gasteiger partial charge in [0.05, 0.1) is 12.7 Å². The normalized spacial score (nSPS) is 10.7. The van der Waals surface area contributed by atoms with Gasteiger partial charge in [-0.15, -0.1) is 0 Å². The topological polar surface area (TPSA) is 44.8 Å². The van der Waals surface area contributed by atoms with Crippen LogP contribution in [-0.4, -0.2) is 27.0 Å². The summed E-state index contributed by atoms with van der Waals surface area (Å²) in [7, 11) is 3.03. The fourth-order valence-corrected chi connectivity index (χ4v) is 3.18. The van der Waals surface area contributed by atoms with Gasteiger partial charge in [-0.3, -0.25) is 0 Å². The summed E-state index contributed by atoms with van der Waals surface area (Å²) in [4.78, 5) is 11.8. The average Bonchev–Trinajstić information content (AvgIpc) is 2.63. The van der Waals surface area contributed by atoms with Crippen molar-refractivity contribution in [1.29, 1.82) is 0 Å². The molecular formula is C22H28O4. The zero-order valence-electron chi connectivity index (χ0n) is 16.3. The third kappa shape index (κ3) is 4.85. The standard InChI is InChI=1S/C22H28O4/c1-6-7-18-12-17(8-9-21(18)26-14-24-4)13-20-15(2)10-19(11-16(20)3)22(23)25-5/h8-12H,6-7,13-14H2,1-5H3. The molecule has 4 nitrogen and oxygen atoms in total. The highest BCUT2D eigenvalue weighted by Gasteiger charge is 2.12. The van der Waals surface area contributed by atoms with Crippen LogP contribution in [0, 0.1) is 13.8 Å². The van der Waals surface area contributed by atoms with Crippen molar-refractivity contribution in [3.8, 4) is 5.75 Å². The van der Waals surface area contributed by atoms with Gasteiger partial charge in [0.2, 0.25) is 0 Å². The first kappa shape index (κ1) is 20.0. The molecule has 0 aliphatic carbocycles. The zero-order chi connectivity index (χ0) is 19.1. The molecule has 0 fully saturated rings. The van der Waals surface area contributed by atoms with Gasteiger partial charge < -0.3 is 14.2 Å². The Bertz CT molecular complexity index is 742. The molecule has 0 aliphatic rings. The number of carbonyl (C=O) groups is 1. The molecule has 2 aromatic rings. The molecule has 4 heteroatoms. The number of hydrogen-bond acceptors (Lipinski definition) is 4. The van der Waals surface area contributed by atoms with E-state index < -0.39 is 0 Å². The molecule has 26 heavy (non-hydrogen) atoms. The monoisotopic (exact) mass is 356 g/mol. The summed E-state index contributed by atoms with van der Waals surface area (Å²) in [6.45, 7) is 6.49. The van der Waals surface area contributed by atoms with Crippen LogP contribution in [0.25, 0.3) is 0 Å². The minimum Gasteiger partial charge on any atom is -0.467 e. The predicted molar refractivity (Wildman–Crippen MR) is 103 cm³/mol. The summed E-state index contributed by atoms with van der Waals surface area (Å²) in [5.74, 6) is 0.583. The van der Waals surface area contributed by atoms with E-state index in [1.54, 1.807) is 7.11 Å². The van der Waals surface area contributed by atoms with E-state index in [9.17, 15) is 4.79 Å². The summed E-state index contributed by atoms with van der Waals surface area (Å²) in [5.41, 5.74) is 6.47. The Balaban J connectivity index is 2.30. The molecular weight excluding hydrogens is 328 g/mol. The van der Waals surface area contributed by atoms with Crippen molar-refractivity contribution < 1.29 is 19.0 Å². The van der Waals surface area contributed by atoms with Crippen LogP contribution in [-0.2, 0) is 22.3 Å². The Hall–Kier alpha value is -2.33. The second-order valence-electron chi connectivity index (χ2n) is 6.50. The van der Waals surface area contributed by atoms with Gasteiger partial charge in [0.15, 0.2) is 6.79 Å². The second-order valence-corrected chi connectivity index (χ2v) is 6.50. The van der Waals surface area contributed by atoms with Crippen molar-refractivity contribution in [1.82, 2.24) is 0 Å². The molecule has 0 saturated carbocycles. The Kier molecular flexibility index (Phi) is 7.22. The molecule has 0 aliphatic heterocycles. The highest BCUT2D eigenvalue weighted by atomic mass is 16.7. The van der Waals surface area contributed by atoms with Crippen molar-refractivity contribution in [2.45, 2.75) is 40.0 Å². The van der Waals surface area contributed by atoms with Crippen molar-refractivity contribution in [2.24, 2.45) is 0 Å². The number of rotatable bonds is 8. The molecule has 140 valence electrons. The molecule has 2 aromatic carbocycles. The van der Waals surface area contributed by atoms with E-state index in [0.717, 1.165) is 36.1 Å². The van der Waals surface area contributed by atoms with Crippen LogP contribution in [0.2, 0.25) is 0 Å². The largest absolute Gasteiger partial charge is 0.467 e. The number of esters is 1. The van der Waals surface area contributed by atoms with E-state index >= 15 is 0 Å². The fraction of sp³-hybridized carbons (Fsp3) is 0.409. The summed E-state index contributed by atoms with van der Waals surface area (Å²) >= 11 is 0. The molecule has 0 bridgehead atoms. The van der Waals surface area contributed by atoms with Crippen LogP contribution in [0.15, 0.2) is 30.3 Å². The van der Waals surface area contributed by atoms with Crippen molar-refractivity contribution >= 4 is 5.97 Å². The van der Waals surface area contributed by atoms with Crippen LogP contribution in [0.5, 0.6) is 5.75 Å². The number of carbonyl (C=O) groups excluding carboxylic acids is 1. The number of benzene rings is 2. The minimum atomic E-state index is -0.298. The highest BCUT2D eigenvalue weighted by molar-refractivity contribution is 5.90. The molecule has 0 spiro atoms. The van der Waals surface area contributed by atoms with Crippen molar-refractivity contribution in [3.63, 3.8) is 0 Å². The van der Waals surface area contributed by atoms with Gasteiger partial charge in [-0.2, -0.15) is 0 Å². The van der Waals surface area contributed by atoms with Crippen molar-refractivity contribution in [3.05, 3.63) is 63.7 Å². The summed E-state index contributed by atoms with van der Waals surface area (Å²) in [6.07, 6.45) is 2.84. The molecule has 0 N–H and O–H groups in total. The van der Waals surface area contributed by atoms with Crippen LogP contribution < -0.4 is 4.74 Å². The van der Waals surface area contributed by atoms with Gasteiger partial charge in [-0.25, -0.2) is 4.79 Å². The molecule has 0 atom stereocenters. The Morgan fingerprint density at radius 3 is 2.31 bits per heavy atom. The number of ether oxygens (including phenoxy) is 3. The number of aryl methyl sites for hydroxylation is 3. The maximum absolute atomic E-state index is 11.8. The first-order valence-corrected chi connectivity index (χ1v) is 8.92. The second kappa shape index (κ2) is 9.39. The smallest absolute Gasteiger partial charge is 0.337 e. The van der Waals surface area contributed by atoms with Crippen LogP contribution >= 0.6 is 0 Å². The molecule has 2 rings (SSSR count). The van der Waals surface area contributed by atoms with E-state index in [1.807, 2.05) is 32.0 Å². The van der Waals surface area contributed by atoms with Gasteiger partial charge in [0.1, 0.15) is 5.75 Å². The summed E-state index contributed by atoms with van der Waals surface area (Å²) in [6, 6.07) is 10.1. The first-order chi connectivity index (χ1) is 12.5. The average molecular weight is 356 g/mol. The lowest BCUT2D eigenvalue weighted by Gasteiger charge is -2.15. The third-order valence-electron chi connectivity index (χ3n) is 4.47. The first-order valence-electron chi connectivity index (χ1n) is 8.92. The predicted octanol–water partition coefficient (Wildman–Crippen LogP) is 4.62. The van der Waals surface area contributed by atoms with Gasteiger partial charge in [-0.05, 0) is 72.7 Å². The maximum atomic E-state index is 11.8. The van der Waals surface area contributed by atoms with E-state index in [-0.39, 0.29) is 12.8 Å². The van der Waals surface area contributed by atoms with Crippen molar-refractivity contribution in [2.75, 3.05) is 21.0 Å². The quantitative estimate of drug-likeness (QED) is 0.511. The lowest BCUT2D eigenvalue weighted by atomic mass is 9.93. The van der Waals surface area contributed by atoms with Gasteiger partial charge in [0, 0.05) is 7.11 Å². The van der Waals surface area contributed by atoms with Gasteiger partial charge in [-0.1, -0.05) is 25.5 Å². The fourth-order valence-electron chi connectivity index (χ4n) is 3.18. The zero-order valence-corrected chi connectivity index (χ0v) is 16.3. The van der Waals surface area contributed by atoms with Crippen LogP contribution in [0.1, 0.15) is 51.5 Å². The molecule has 0 unspecified atom stereocenters. The lowest BCUT2D eigenvalue weighted by molar-refractivity contribution is 0.0504. The molecule has 0 heterocycles. The van der Waals surface area contributed by atoms with E-state index in [4.69, 9.17) is 14.2 Å². The number of hydrogen-bond donors (Lipinski definition) is 0. The van der Waals surface area contributed by atoms with Gasteiger partial charge >= 0.3 is 5.97 Å². The lowest BCUT2D eigenvalue weighted by Crippen LogP contribution is -2.06. The van der Waals surface area contributed by atoms with E-state index in [0.29, 0.717) is 5.56 Å². The maximum Gasteiger partial charge on any atom is 0.337 e. The number of methoxy groups -OCH3 is 2. The molecule has 0 aromatic heterocycles. The highest BCUT2D eigenvalue weighted by Crippen LogP contribution is 2.26. The Morgan fingerprint density at radius 1 is 1.04 bits per heavy atom. The Morgan fingerprint density at radius 2 is 1.73 bits per heavy atom. The SMILES string of the molecule is CCCc1cc(Cc2c(C)cc(C(=O)OC)cc2C)ccc1OCOC. The molecule has 0 amide bonds. The van der Waals surface area contributed by atoms with E-state index in [2.05, 4.69) is 19.1 Å².